The zero-order chi connectivity index (χ0) is 12.1. The first-order valence-electron chi connectivity index (χ1n) is 4.96. The van der Waals surface area contributed by atoms with Crippen LogP contribution in [0.25, 0.3) is 0 Å². The van der Waals surface area contributed by atoms with Crippen LogP contribution in [-0.4, -0.2) is 21.3 Å². The van der Waals surface area contributed by atoms with Gasteiger partial charge in [-0.05, 0) is 18.1 Å². The van der Waals surface area contributed by atoms with Gasteiger partial charge >= 0.3 is 5.97 Å². The molecule has 0 aliphatic heterocycles. The molecule has 1 aromatic heterocycles. The number of hydrogen-bond donors (Lipinski definition) is 1. The summed E-state index contributed by atoms with van der Waals surface area (Å²) >= 11 is 7.13. The lowest BCUT2D eigenvalue weighted by molar-refractivity contribution is -0.137. The van der Waals surface area contributed by atoms with Gasteiger partial charge in [-0.2, -0.15) is 0 Å². The number of carbonyl (C=O) groups is 1. The van der Waals surface area contributed by atoms with E-state index < -0.39 is 11.2 Å². The second-order valence-corrected chi connectivity index (χ2v) is 5.28. The van der Waals surface area contributed by atoms with E-state index in [-0.39, 0.29) is 5.92 Å². The molecule has 0 saturated heterocycles. The van der Waals surface area contributed by atoms with Gasteiger partial charge in [-0.1, -0.05) is 31.5 Å². The van der Waals surface area contributed by atoms with E-state index in [4.69, 9.17) is 16.7 Å². The van der Waals surface area contributed by atoms with Crippen LogP contribution in [0, 0.1) is 5.92 Å². The minimum Gasteiger partial charge on any atom is -0.480 e. The molecule has 1 rings (SSSR count). The number of aromatic nitrogens is 1. The van der Waals surface area contributed by atoms with Crippen LogP contribution in [0.4, 0.5) is 0 Å². The van der Waals surface area contributed by atoms with Crippen molar-refractivity contribution in [1.29, 1.82) is 0 Å². The van der Waals surface area contributed by atoms with Crippen molar-refractivity contribution in [2.75, 3.05) is 0 Å². The number of rotatable bonds is 5. The van der Waals surface area contributed by atoms with E-state index in [1.807, 2.05) is 26.0 Å². The SMILES string of the molecule is CC(C)C(SCc1cccc(Cl)n1)C(=O)O. The lowest BCUT2D eigenvalue weighted by Gasteiger charge is -2.15. The Kier molecular flexibility index (Phi) is 5.09. The Morgan fingerprint density at radius 2 is 2.25 bits per heavy atom. The lowest BCUT2D eigenvalue weighted by atomic mass is 10.1. The van der Waals surface area contributed by atoms with Crippen LogP contribution in [0.1, 0.15) is 19.5 Å². The zero-order valence-electron chi connectivity index (χ0n) is 9.18. The van der Waals surface area contributed by atoms with E-state index in [1.165, 1.54) is 11.8 Å². The molecule has 0 spiro atoms. The van der Waals surface area contributed by atoms with Crippen LogP contribution in [0.5, 0.6) is 0 Å². The molecule has 1 aromatic rings. The Morgan fingerprint density at radius 1 is 1.56 bits per heavy atom. The highest BCUT2D eigenvalue weighted by Crippen LogP contribution is 2.23. The van der Waals surface area contributed by atoms with Crippen LogP contribution >= 0.6 is 23.4 Å². The summed E-state index contributed by atoms with van der Waals surface area (Å²) in [6.07, 6.45) is 0. The van der Waals surface area contributed by atoms with Crippen LogP contribution in [0.2, 0.25) is 5.15 Å². The minimum absolute atomic E-state index is 0.0988. The van der Waals surface area contributed by atoms with Crippen molar-refractivity contribution in [1.82, 2.24) is 4.98 Å². The standard InChI is InChI=1S/C11H14ClNO2S/c1-7(2)10(11(14)15)16-6-8-4-3-5-9(12)13-8/h3-5,7,10H,6H2,1-2H3,(H,14,15). The molecule has 1 unspecified atom stereocenters. The fourth-order valence-electron chi connectivity index (χ4n) is 1.25. The van der Waals surface area contributed by atoms with Gasteiger partial charge in [0.05, 0.1) is 5.69 Å². The van der Waals surface area contributed by atoms with Crippen molar-refractivity contribution in [3.05, 3.63) is 29.0 Å². The highest BCUT2D eigenvalue weighted by molar-refractivity contribution is 7.99. The fraction of sp³-hybridized carbons (Fsp3) is 0.455. The Morgan fingerprint density at radius 3 is 2.75 bits per heavy atom. The minimum atomic E-state index is -0.776. The quantitative estimate of drug-likeness (QED) is 0.826. The summed E-state index contributed by atoms with van der Waals surface area (Å²) < 4.78 is 0. The number of thioether (sulfide) groups is 1. The van der Waals surface area contributed by atoms with Gasteiger partial charge in [0.25, 0.3) is 0 Å². The number of carboxylic acid groups (broad SMARTS) is 1. The van der Waals surface area contributed by atoms with Crippen molar-refractivity contribution < 1.29 is 9.90 Å². The molecular weight excluding hydrogens is 246 g/mol. The molecule has 0 saturated carbocycles. The van der Waals surface area contributed by atoms with Crippen LogP contribution < -0.4 is 0 Å². The monoisotopic (exact) mass is 259 g/mol. The van der Waals surface area contributed by atoms with E-state index in [1.54, 1.807) is 6.07 Å². The van der Waals surface area contributed by atoms with Crippen molar-refractivity contribution in [3.63, 3.8) is 0 Å². The zero-order valence-corrected chi connectivity index (χ0v) is 10.8. The third kappa shape index (κ3) is 4.02. The third-order valence-corrected chi connectivity index (χ3v) is 3.81. The van der Waals surface area contributed by atoms with Crippen LogP contribution in [0.3, 0.4) is 0 Å². The Labute approximate surface area is 104 Å². The molecular formula is C11H14ClNO2S. The number of carboxylic acids is 1. The highest BCUT2D eigenvalue weighted by Gasteiger charge is 2.21. The van der Waals surface area contributed by atoms with E-state index in [0.717, 1.165) is 5.69 Å². The summed E-state index contributed by atoms with van der Waals surface area (Å²) in [4.78, 5) is 15.1. The average Bonchev–Trinajstić information content (AvgIpc) is 2.16. The van der Waals surface area contributed by atoms with Crippen molar-refractivity contribution in [3.8, 4) is 0 Å². The van der Waals surface area contributed by atoms with E-state index >= 15 is 0 Å². The molecule has 1 N–H and O–H groups in total. The molecule has 0 aliphatic rings. The summed E-state index contributed by atoms with van der Waals surface area (Å²) in [5, 5.41) is 9.05. The molecule has 16 heavy (non-hydrogen) atoms. The second kappa shape index (κ2) is 6.11. The van der Waals surface area contributed by atoms with E-state index in [9.17, 15) is 4.79 Å². The number of pyridine rings is 1. The van der Waals surface area contributed by atoms with Gasteiger partial charge in [0.1, 0.15) is 10.4 Å². The van der Waals surface area contributed by atoms with E-state index in [2.05, 4.69) is 4.98 Å². The first-order valence-corrected chi connectivity index (χ1v) is 6.39. The highest BCUT2D eigenvalue weighted by atomic mass is 35.5. The summed E-state index contributed by atoms with van der Waals surface area (Å²) in [7, 11) is 0. The normalized spacial score (nSPS) is 12.8. The van der Waals surface area contributed by atoms with E-state index in [0.29, 0.717) is 10.9 Å². The summed E-state index contributed by atoms with van der Waals surface area (Å²) in [5.74, 6) is -0.112. The lowest BCUT2D eigenvalue weighted by Crippen LogP contribution is -2.22. The maximum absolute atomic E-state index is 11.0. The third-order valence-electron chi connectivity index (χ3n) is 2.03. The second-order valence-electron chi connectivity index (χ2n) is 3.77. The molecule has 1 heterocycles. The Bertz CT molecular complexity index is 371. The number of nitrogens with zero attached hydrogens (tertiary/aromatic N) is 1. The molecule has 5 heteroatoms. The van der Waals surface area contributed by atoms with Gasteiger partial charge in [0, 0.05) is 5.75 Å². The summed E-state index contributed by atoms with van der Waals surface area (Å²) in [5.41, 5.74) is 0.810. The van der Waals surface area contributed by atoms with Gasteiger partial charge in [0.15, 0.2) is 0 Å². The predicted octanol–water partition coefficient (Wildman–Crippen LogP) is 3.08. The topological polar surface area (TPSA) is 50.2 Å². The Hall–Kier alpha value is -0.740. The van der Waals surface area contributed by atoms with Crippen LogP contribution in [-0.2, 0) is 10.5 Å². The molecule has 88 valence electrons. The van der Waals surface area contributed by atoms with Crippen molar-refractivity contribution in [2.45, 2.75) is 24.9 Å². The van der Waals surface area contributed by atoms with Gasteiger partial charge in [0.2, 0.25) is 0 Å². The number of hydrogen-bond acceptors (Lipinski definition) is 3. The number of aliphatic carboxylic acids is 1. The summed E-state index contributed by atoms with van der Waals surface area (Å²) in [6.45, 7) is 3.80. The first-order chi connectivity index (χ1) is 7.50. The van der Waals surface area contributed by atoms with Crippen LogP contribution in [0.15, 0.2) is 18.2 Å². The smallest absolute Gasteiger partial charge is 0.316 e. The van der Waals surface area contributed by atoms with Gasteiger partial charge in [-0.25, -0.2) is 4.98 Å². The molecule has 0 aliphatic carbocycles. The van der Waals surface area contributed by atoms with Crippen molar-refractivity contribution >= 4 is 29.3 Å². The molecule has 3 nitrogen and oxygen atoms in total. The van der Waals surface area contributed by atoms with Gasteiger partial charge in [-0.15, -0.1) is 11.8 Å². The maximum Gasteiger partial charge on any atom is 0.316 e. The Balaban J connectivity index is 2.59. The number of halogens is 1. The predicted molar refractivity (Wildman–Crippen MR) is 66.8 cm³/mol. The molecule has 0 aromatic carbocycles. The molecule has 0 fully saturated rings. The molecule has 0 radical (unpaired) electrons. The van der Waals surface area contributed by atoms with Crippen molar-refractivity contribution in [2.24, 2.45) is 5.92 Å². The summed E-state index contributed by atoms with van der Waals surface area (Å²) in [6, 6.07) is 5.36. The molecule has 1 atom stereocenters. The van der Waals surface area contributed by atoms with Gasteiger partial charge in [-0.3, -0.25) is 4.79 Å². The molecule has 0 amide bonds. The maximum atomic E-state index is 11.0. The largest absolute Gasteiger partial charge is 0.480 e. The fourth-order valence-corrected chi connectivity index (χ4v) is 2.47. The average molecular weight is 260 g/mol. The van der Waals surface area contributed by atoms with Gasteiger partial charge < -0.3 is 5.11 Å². The first kappa shape index (κ1) is 13.3. The molecule has 0 bridgehead atoms.